The van der Waals surface area contributed by atoms with E-state index in [4.69, 9.17) is 8.92 Å². The van der Waals surface area contributed by atoms with Gasteiger partial charge in [0.25, 0.3) is 5.91 Å². The van der Waals surface area contributed by atoms with Gasteiger partial charge in [0.1, 0.15) is 5.75 Å². The molecule has 2 aromatic rings. The number of amides is 1. The summed E-state index contributed by atoms with van der Waals surface area (Å²) in [4.78, 5) is 15.1. The molecule has 0 spiro atoms. The molecule has 7 heteroatoms. The zero-order valence-electron chi connectivity index (χ0n) is 16.8. The maximum absolute atomic E-state index is 13.3. The van der Waals surface area contributed by atoms with Crippen LogP contribution in [0.25, 0.3) is 0 Å². The van der Waals surface area contributed by atoms with Crippen LogP contribution in [0, 0.1) is 0 Å². The van der Waals surface area contributed by atoms with E-state index in [1.54, 1.807) is 25.3 Å². The van der Waals surface area contributed by atoms with E-state index in [2.05, 4.69) is 0 Å². The Labute approximate surface area is 175 Å². The zero-order chi connectivity index (χ0) is 20.9. The van der Waals surface area contributed by atoms with Gasteiger partial charge in [-0.2, -0.15) is 0 Å². The van der Waals surface area contributed by atoms with Gasteiger partial charge in [0.15, 0.2) is 11.5 Å². The molecule has 2 aromatic carbocycles. The van der Waals surface area contributed by atoms with Gasteiger partial charge >= 0.3 is 0 Å². The van der Waals surface area contributed by atoms with Crippen molar-refractivity contribution in [3.8, 4) is 17.2 Å². The Balaban J connectivity index is 1.92. The second kappa shape index (κ2) is 9.41. The number of piperidine rings is 1. The molecule has 1 saturated heterocycles. The van der Waals surface area contributed by atoms with Crippen molar-refractivity contribution in [1.82, 2.24) is 4.90 Å². The second-order valence-corrected chi connectivity index (χ2v) is 7.82. The highest BCUT2D eigenvalue weighted by atomic mass is 32.2. The zero-order valence-corrected chi connectivity index (χ0v) is 17.6. The van der Waals surface area contributed by atoms with Crippen LogP contribution in [0.5, 0.6) is 17.2 Å². The maximum atomic E-state index is 13.3. The van der Waals surface area contributed by atoms with Crippen molar-refractivity contribution in [2.24, 2.45) is 0 Å². The van der Waals surface area contributed by atoms with Gasteiger partial charge in [-0.1, -0.05) is 18.2 Å². The highest BCUT2D eigenvalue weighted by Crippen LogP contribution is 2.41. The molecule has 1 atom stereocenters. The average molecular weight is 418 g/mol. The third-order valence-electron chi connectivity index (χ3n) is 5.57. The molecule has 0 aromatic heterocycles. The number of aromatic hydroxyl groups is 2. The predicted octanol–water partition coefficient (Wildman–Crippen LogP) is 3.97. The van der Waals surface area contributed by atoms with Gasteiger partial charge in [-0.15, -0.1) is 0 Å². The Kier molecular flexibility index (Phi) is 6.92. The second-order valence-electron chi connectivity index (χ2n) is 7.25. The lowest BCUT2D eigenvalue weighted by molar-refractivity contribution is 0.0608. The monoisotopic (exact) mass is 417 g/mol. The minimum absolute atomic E-state index is 0.0692. The number of hydrogen-bond donors (Lipinski definition) is 2. The first kappa shape index (κ1) is 21.3. The van der Waals surface area contributed by atoms with E-state index in [1.807, 2.05) is 29.4 Å². The van der Waals surface area contributed by atoms with Gasteiger partial charge in [0, 0.05) is 24.8 Å². The van der Waals surface area contributed by atoms with Gasteiger partial charge in [-0.05, 0) is 61.1 Å². The molecule has 29 heavy (non-hydrogen) atoms. The summed E-state index contributed by atoms with van der Waals surface area (Å²) >= 11 is 1.31. The van der Waals surface area contributed by atoms with Crippen LogP contribution in [0.1, 0.15) is 35.2 Å². The summed E-state index contributed by atoms with van der Waals surface area (Å²) in [5, 5.41) is 19.8. The van der Waals surface area contributed by atoms with Crippen molar-refractivity contribution in [2.45, 2.75) is 24.7 Å². The highest BCUT2D eigenvalue weighted by Gasteiger charge is 2.39. The van der Waals surface area contributed by atoms with Crippen LogP contribution in [0.3, 0.4) is 0 Å². The number of phenols is 2. The first-order valence-electron chi connectivity index (χ1n) is 9.61. The van der Waals surface area contributed by atoms with Crippen LogP contribution in [0.15, 0.2) is 42.5 Å². The lowest BCUT2D eigenvalue weighted by Crippen LogP contribution is -2.49. The van der Waals surface area contributed by atoms with Crippen LogP contribution in [0.2, 0.25) is 0 Å². The molecule has 3 rings (SSSR count). The number of carbonyl (C=O) groups is 1. The lowest BCUT2D eigenvalue weighted by Gasteiger charge is -2.43. The van der Waals surface area contributed by atoms with E-state index in [1.165, 1.54) is 18.1 Å². The van der Waals surface area contributed by atoms with Crippen molar-refractivity contribution in [2.75, 3.05) is 33.1 Å². The number of benzene rings is 2. The number of para-hydroxylation sites is 1. The van der Waals surface area contributed by atoms with Gasteiger partial charge in [0.2, 0.25) is 0 Å². The summed E-state index contributed by atoms with van der Waals surface area (Å²) in [6.07, 6.45) is 4.28. The number of likely N-dealkylation sites (tertiary alicyclic amines) is 1. The average Bonchev–Trinajstić information content (AvgIpc) is 2.75. The Hall–Kier alpha value is -2.38. The van der Waals surface area contributed by atoms with Crippen molar-refractivity contribution in [1.29, 1.82) is 0 Å². The fraction of sp³-hybridized carbons (Fsp3) is 0.409. The molecule has 0 radical (unpaired) electrons. The summed E-state index contributed by atoms with van der Waals surface area (Å²) in [6.45, 7) is 1.69. The minimum Gasteiger partial charge on any atom is -0.504 e. The molecule has 1 aliphatic rings. The molecule has 0 aliphatic carbocycles. The molecular formula is C22H27NO5S. The number of ether oxygens (including phenoxy) is 1. The van der Waals surface area contributed by atoms with Crippen molar-refractivity contribution < 1.29 is 23.9 Å². The quantitative estimate of drug-likeness (QED) is 0.403. The SMILES string of the molecule is COc1ccccc1C(=O)N1CCCC(CCOSC)(c2ccc(O)c(O)c2)C1. The van der Waals surface area contributed by atoms with E-state index in [-0.39, 0.29) is 22.8 Å². The van der Waals surface area contributed by atoms with E-state index in [9.17, 15) is 15.0 Å². The highest BCUT2D eigenvalue weighted by molar-refractivity contribution is 7.93. The minimum atomic E-state index is -0.364. The topological polar surface area (TPSA) is 79.2 Å². The summed E-state index contributed by atoms with van der Waals surface area (Å²) < 4.78 is 10.9. The molecule has 2 N–H and O–H groups in total. The summed E-state index contributed by atoms with van der Waals surface area (Å²) in [5.41, 5.74) is 1.08. The molecule has 1 heterocycles. The fourth-order valence-corrected chi connectivity index (χ4v) is 4.30. The standard InChI is InChI=1S/C22H27NO5S/c1-27-20-7-4-3-6-17(20)21(26)23-12-5-10-22(15-23,11-13-28-29-2)16-8-9-18(24)19(25)14-16/h3-4,6-9,14,24-25H,5,10-13,15H2,1-2H3. The summed E-state index contributed by atoms with van der Waals surface area (Å²) in [5.74, 6) is 0.185. The van der Waals surface area contributed by atoms with Gasteiger partial charge in [-0.25, -0.2) is 0 Å². The smallest absolute Gasteiger partial charge is 0.257 e. The lowest BCUT2D eigenvalue weighted by atomic mass is 9.71. The van der Waals surface area contributed by atoms with Gasteiger partial charge in [0.05, 0.1) is 19.3 Å². The van der Waals surface area contributed by atoms with Gasteiger partial charge in [-0.3, -0.25) is 4.79 Å². The van der Waals surface area contributed by atoms with Crippen molar-refractivity contribution >= 4 is 17.9 Å². The van der Waals surface area contributed by atoms with E-state index < -0.39 is 0 Å². The van der Waals surface area contributed by atoms with Crippen LogP contribution >= 0.6 is 12.0 Å². The Morgan fingerprint density at radius 1 is 1.21 bits per heavy atom. The molecule has 156 valence electrons. The van der Waals surface area contributed by atoms with Crippen LogP contribution in [-0.2, 0) is 9.60 Å². The van der Waals surface area contributed by atoms with Crippen LogP contribution in [0.4, 0.5) is 0 Å². The normalized spacial score (nSPS) is 19.2. The summed E-state index contributed by atoms with van der Waals surface area (Å²) in [6, 6.07) is 12.2. The largest absolute Gasteiger partial charge is 0.504 e. The third-order valence-corrected chi connectivity index (χ3v) is 5.97. The molecule has 1 aliphatic heterocycles. The predicted molar refractivity (Wildman–Crippen MR) is 114 cm³/mol. The molecule has 0 bridgehead atoms. The number of rotatable bonds is 7. The molecule has 6 nitrogen and oxygen atoms in total. The van der Waals surface area contributed by atoms with Crippen LogP contribution in [-0.4, -0.2) is 54.1 Å². The number of carbonyl (C=O) groups excluding carboxylic acids is 1. The molecule has 1 amide bonds. The third kappa shape index (κ3) is 4.62. The molecular weight excluding hydrogens is 390 g/mol. The molecule has 1 fully saturated rings. The van der Waals surface area contributed by atoms with E-state index in [0.717, 1.165) is 18.4 Å². The van der Waals surface area contributed by atoms with Crippen LogP contribution < -0.4 is 4.74 Å². The Morgan fingerprint density at radius 3 is 2.72 bits per heavy atom. The number of phenolic OH excluding ortho intramolecular Hbond substituents is 2. The van der Waals surface area contributed by atoms with Crippen molar-refractivity contribution in [3.63, 3.8) is 0 Å². The number of hydrogen-bond acceptors (Lipinski definition) is 6. The number of methoxy groups -OCH3 is 1. The van der Waals surface area contributed by atoms with E-state index in [0.29, 0.717) is 37.4 Å². The van der Waals surface area contributed by atoms with Gasteiger partial charge < -0.3 is 24.0 Å². The summed E-state index contributed by atoms with van der Waals surface area (Å²) in [7, 11) is 1.56. The van der Waals surface area contributed by atoms with E-state index >= 15 is 0 Å². The molecule has 0 saturated carbocycles. The number of nitrogens with zero attached hydrogens (tertiary/aromatic N) is 1. The first-order valence-corrected chi connectivity index (χ1v) is 10.8. The first-order chi connectivity index (χ1) is 14.0. The maximum Gasteiger partial charge on any atom is 0.257 e. The Morgan fingerprint density at radius 2 is 2.00 bits per heavy atom. The Bertz CT molecular complexity index is 859. The molecule has 1 unspecified atom stereocenters. The fourth-order valence-electron chi connectivity index (χ4n) is 4.05. The van der Waals surface area contributed by atoms with Crippen molar-refractivity contribution in [3.05, 3.63) is 53.6 Å².